The number of aryl methyl sites for hydroxylation is 1. The van der Waals surface area contributed by atoms with Crippen LogP contribution in [0.4, 0.5) is 5.69 Å². The van der Waals surface area contributed by atoms with Crippen LogP contribution in [0.15, 0.2) is 30.6 Å². The van der Waals surface area contributed by atoms with Crippen molar-refractivity contribution in [1.82, 2.24) is 9.55 Å². The summed E-state index contributed by atoms with van der Waals surface area (Å²) in [6.45, 7) is 2.54. The van der Waals surface area contributed by atoms with Gasteiger partial charge in [-0.2, -0.15) is 0 Å². The largest absolute Gasteiger partial charge is 0.485 e. The summed E-state index contributed by atoms with van der Waals surface area (Å²) in [5.74, 6) is -0.365. The molecule has 0 atom stereocenters. The molecule has 0 amide bonds. The summed E-state index contributed by atoms with van der Waals surface area (Å²) >= 11 is 0. The molecule has 0 fully saturated rings. The average Bonchev–Trinajstić information content (AvgIpc) is 2.84. The van der Waals surface area contributed by atoms with E-state index < -0.39 is 10.9 Å². The van der Waals surface area contributed by atoms with Crippen molar-refractivity contribution in [3.63, 3.8) is 0 Å². The molecule has 2 rings (SSSR count). The molecule has 0 spiro atoms. The fourth-order valence-corrected chi connectivity index (χ4v) is 1.81. The molecule has 0 saturated carbocycles. The van der Waals surface area contributed by atoms with Gasteiger partial charge in [0.2, 0.25) is 0 Å². The maximum absolute atomic E-state index is 11.0. The number of imidazole rings is 1. The van der Waals surface area contributed by atoms with Crippen LogP contribution < -0.4 is 4.74 Å². The Bertz CT molecular complexity index is 680. The van der Waals surface area contributed by atoms with E-state index in [2.05, 4.69) is 4.98 Å². The van der Waals surface area contributed by atoms with Crippen molar-refractivity contribution < 1.29 is 19.6 Å². The van der Waals surface area contributed by atoms with E-state index in [0.717, 1.165) is 11.9 Å². The van der Waals surface area contributed by atoms with E-state index in [1.165, 1.54) is 12.1 Å². The zero-order chi connectivity index (χ0) is 15.4. The van der Waals surface area contributed by atoms with Crippen molar-refractivity contribution in [2.75, 3.05) is 6.61 Å². The molecule has 8 nitrogen and oxygen atoms in total. The number of nitro benzene ring substituents is 1. The number of nitrogens with zero attached hydrogens (tertiary/aromatic N) is 3. The van der Waals surface area contributed by atoms with E-state index in [1.807, 2.05) is 11.5 Å². The van der Waals surface area contributed by atoms with Crippen LogP contribution in [0.1, 0.15) is 16.2 Å². The molecule has 0 radical (unpaired) electrons. The van der Waals surface area contributed by atoms with Crippen molar-refractivity contribution in [2.45, 2.75) is 13.5 Å². The number of carbonyl (C=O) groups is 1. The van der Waals surface area contributed by atoms with Gasteiger partial charge in [0.15, 0.2) is 5.75 Å². The predicted molar refractivity (Wildman–Crippen MR) is 72.5 cm³/mol. The third kappa shape index (κ3) is 3.35. The third-order valence-corrected chi connectivity index (χ3v) is 2.92. The average molecular weight is 291 g/mol. The number of aromatic nitrogens is 2. The maximum atomic E-state index is 11.0. The van der Waals surface area contributed by atoms with Gasteiger partial charge >= 0.3 is 11.7 Å². The molecule has 1 N–H and O–H groups in total. The molecule has 21 heavy (non-hydrogen) atoms. The van der Waals surface area contributed by atoms with Crippen LogP contribution >= 0.6 is 0 Å². The highest BCUT2D eigenvalue weighted by atomic mass is 16.6. The van der Waals surface area contributed by atoms with Crippen LogP contribution in [0.25, 0.3) is 0 Å². The smallest absolute Gasteiger partial charge is 0.335 e. The van der Waals surface area contributed by atoms with Crippen LogP contribution in [0.2, 0.25) is 0 Å². The summed E-state index contributed by atoms with van der Waals surface area (Å²) in [5, 5.41) is 19.8. The fraction of sp³-hybridized carbons (Fsp3) is 0.231. The van der Waals surface area contributed by atoms with E-state index in [1.54, 1.807) is 12.4 Å². The van der Waals surface area contributed by atoms with Gasteiger partial charge in [0.1, 0.15) is 12.4 Å². The number of carboxylic acid groups (broad SMARTS) is 1. The molecule has 0 aliphatic heterocycles. The number of rotatable bonds is 6. The fourth-order valence-electron chi connectivity index (χ4n) is 1.81. The molecule has 2 aromatic rings. The SMILES string of the molecule is Cc1nccn1CCOc1ccc(C(=O)O)cc1[N+](=O)[O-]. The van der Waals surface area contributed by atoms with Gasteiger partial charge in [-0.15, -0.1) is 0 Å². The lowest BCUT2D eigenvalue weighted by molar-refractivity contribution is -0.385. The van der Waals surface area contributed by atoms with Crippen LogP contribution in [0, 0.1) is 17.0 Å². The molecule has 0 bridgehead atoms. The molecule has 0 saturated heterocycles. The Labute approximate surface area is 119 Å². The van der Waals surface area contributed by atoms with E-state index in [9.17, 15) is 14.9 Å². The van der Waals surface area contributed by atoms with Crippen LogP contribution in [0.3, 0.4) is 0 Å². The van der Waals surface area contributed by atoms with Crippen LogP contribution in [-0.4, -0.2) is 32.2 Å². The van der Waals surface area contributed by atoms with Gasteiger partial charge in [-0.25, -0.2) is 9.78 Å². The van der Waals surface area contributed by atoms with E-state index in [0.29, 0.717) is 6.54 Å². The Hall–Kier alpha value is -2.90. The van der Waals surface area contributed by atoms with Crippen molar-refractivity contribution in [2.24, 2.45) is 0 Å². The number of hydrogen-bond acceptors (Lipinski definition) is 5. The number of ether oxygens (including phenoxy) is 1. The number of carboxylic acids is 1. The number of aromatic carboxylic acids is 1. The minimum Gasteiger partial charge on any atom is -0.485 e. The van der Waals surface area contributed by atoms with Crippen LogP contribution in [0.5, 0.6) is 5.75 Å². The third-order valence-electron chi connectivity index (χ3n) is 2.92. The quantitative estimate of drug-likeness (QED) is 0.643. The first-order chi connectivity index (χ1) is 9.99. The summed E-state index contributed by atoms with van der Waals surface area (Å²) < 4.78 is 7.22. The Morgan fingerprint density at radius 3 is 2.86 bits per heavy atom. The van der Waals surface area contributed by atoms with E-state index in [-0.39, 0.29) is 23.6 Å². The molecule has 110 valence electrons. The minimum absolute atomic E-state index is 0.0442. The van der Waals surface area contributed by atoms with E-state index >= 15 is 0 Å². The second-order valence-corrected chi connectivity index (χ2v) is 4.26. The Morgan fingerprint density at radius 1 is 1.52 bits per heavy atom. The highest BCUT2D eigenvalue weighted by Gasteiger charge is 2.18. The van der Waals surface area contributed by atoms with Gasteiger partial charge in [-0.3, -0.25) is 10.1 Å². The van der Waals surface area contributed by atoms with Gasteiger partial charge in [0, 0.05) is 18.5 Å². The molecular weight excluding hydrogens is 278 g/mol. The Balaban J connectivity index is 2.10. The molecule has 1 aromatic carbocycles. The molecule has 0 aliphatic rings. The Morgan fingerprint density at radius 2 is 2.29 bits per heavy atom. The first-order valence-corrected chi connectivity index (χ1v) is 6.11. The maximum Gasteiger partial charge on any atom is 0.335 e. The molecule has 0 unspecified atom stereocenters. The highest BCUT2D eigenvalue weighted by Crippen LogP contribution is 2.28. The zero-order valence-corrected chi connectivity index (χ0v) is 11.2. The molecule has 1 heterocycles. The number of nitro groups is 1. The van der Waals surface area contributed by atoms with Crippen molar-refractivity contribution >= 4 is 11.7 Å². The lowest BCUT2D eigenvalue weighted by Gasteiger charge is -2.08. The molecule has 8 heteroatoms. The Kier molecular flexibility index (Phi) is 4.17. The molecule has 0 aliphatic carbocycles. The van der Waals surface area contributed by atoms with Gasteiger partial charge in [-0.05, 0) is 19.1 Å². The highest BCUT2D eigenvalue weighted by molar-refractivity contribution is 5.88. The number of hydrogen-bond donors (Lipinski definition) is 1. The van der Waals surface area contributed by atoms with Gasteiger partial charge in [-0.1, -0.05) is 0 Å². The minimum atomic E-state index is -1.22. The van der Waals surface area contributed by atoms with Crippen molar-refractivity contribution in [3.8, 4) is 5.75 Å². The topological polar surface area (TPSA) is 107 Å². The normalized spacial score (nSPS) is 10.3. The van der Waals surface area contributed by atoms with Crippen molar-refractivity contribution in [3.05, 3.63) is 52.1 Å². The van der Waals surface area contributed by atoms with Gasteiger partial charge in [0.05, 0.1) is 17.0 Å². The van der Waals surface area contributed by atoms with Gasteiger partial charge in [0.25, 0.3) is 0 Å². The zero-order valence-electron chi connectivity index (χ0n) is 11.2. The first-order valence-electron chi connectivity index (χ1n) is 6.11. The predicted octanol–water partition coefficient (Wildman–Crippen LogP) is 1.88. The summed E-state index contributed by atoms with van der Waals surface area (Å²) in [5.41, 5.74) is -0.517. The first kappa shape index (κ1) is 14.5. The summed E-state index contributed by atoms with van der Waals surface area (Å²) in [7, 11) is 0. The monoisotopic (exact) mass is 291 g/mol. The lowest BCUT2D eigenvalue weighted by Crippen LogP contribution is -2.10. The number of benzene rings is 1. The summed E-state index contributed by atoms with van der Waals surface area (Å²) in [6.07, 6.45) is 3.43. The van der Waals surface area contributed by atoms with E-state index in [4.69, 9.17) is 9.84 Å². The standard InChI is InChI=1S/C13H13N3O5/c1-9-14-4-5-15(9)6-7-21-12-3-2-10(13(17)18)8-11(12)16(19)20/h2-5,8H,6-7H2,1H3,(H,17,18). The second kappa shape index (κ2) is 6.04. The molecular formula is C13H13N3O5. The lowest BCUT2D eigenvalue weighted by atomic mass is 10.2. The molecule has 1 aromatic heterocycles. The second-order valence-electron chi connectivity index (χ2n) is 4.26. The summed E-state index contributed by atoms with van der Waals surface area (Å²) in [6, 6.07) is 3.55. The summed E-state index contributed by atoms with van der Waals surface area (Å²) in [4.78, 5) is 25.2. The van der Waals surface area contributed by atoms with Crippen LogP contribution in [-0.2, 0) is 6.54 Å². The van der Waals surface area contributed by atoms with Gasteiger partial charge < -0.3 is 14.4 Å². The van der Waals surface area contributed by atoms with Crippen molar-refractivity contribution in [1.29, 1.82) is 0 Å².